The molecule has 0 fully saturated rings. The summed E-state index contributed by atoms with van der Waals surface area (Å²) in [6, 6.07) is 17.8. The van der Waals surface area contributed by atoms with Crippen molar-refractivity contribution in [2.45, 2.75) is 52.7 Å². The van der Waals surface area contributed by atoms with Gasteiger partial charge in [0.2, 0.25) is 0 Å². The maximum absolute atomic E-state index is 4.51. The first-order valence-electron chi connectivity index (χ1n) is 13.9. The third-order valence-corrected chi connectivity index (χ3v) is 6.84. The van der Waals surface area contributed by atoms with E-state index in [9.17, 15) is 0 Å². The predicted molar refractivity (Wildman–Crippen MR) is 157 cm³/mol. The Morgan fingerprint density at radius 3 is 1.95 bits per heavy atom. The van der Waals surface area contributed by atoms with Crippen LogP contribution >= 0.6 is 0 Å². The van der Waals surface area contributed by atoms with Gasteiger partial charge in [-0.05, 0) is 54.6 Å². The molecule has 2 aromatic carbocycles. The van der Waals surface area contributed by atoms with Gasteiger partial charge in [0.25, 0.3) is 0 Å². The van der Waals surface area contributed by atoms with Gasteiger partial charge in [0.1, 0.15) is 11.6 Å². The molecule has 0 saturated heterocycles. The molecule has 38 heavy (non-hydrogen) atoms. The molecule has 200 valence electrons. The first kappa shape index (κ1) is 27.6. The first-order valence-corrected chi connectivity index (χ1v) is 13.9. The van der Waals surface area contributed by atoms with Crippen molar-refractivity contribution >= 4 is 12.2 Å². The second kappa shape index (κ2) is 14.5. The van der Waals surface area contributed by atoms with Crippen molar-refractivity contribution in [1.29, 1.82) is 0 Å². The van der Waals surface area contributed by atoms with E-state index >= 15 is 0 Å². The fourth-order valence-corrected chi connectivity index (χ4v) is 4.75. The van der Waals surface area contributed by atoms with Crippen molar-refractivity contribution < 1.29 is 0 Å². The third-order valence-electron chi connectivity index (χ3n) is 6.84. The number of benzene rings is 2. The lowest BCUT2D eigenvalue weighted by atomic mass is 10.1. The number of aromatic amines is 1. The zero-order chi connectivity index (χ0) is 26.6. The van der Waals surface area contributed by atoms with E-state index in [0.29, 0.717) is 0 Å². The molecular weight excluding hydrogens is 468 g/mol. The molecule has 2 aromatic heterocycles. The number of H-pyrrole nitrogens is 1. The Labute approximate surface area is 228 Å². The Kier molecular flexibility index (Phi) is 10.5. The maximum atomic E-state index is 4.51. The van der Waals surface area contributed by atoms with Crippen molar-refractivity contribution in [2.75, 3.05) is 19.6 Å². The van der Waals surface area contributed by atoms with Gasteiger partial charge in [-0.15, -0.1) is 0 Å². The number of rotatable bonds is 15. The highest BCUT2D eigenvalue weighted by Gasteiger charge is 2.12. The van der Waals surface area contributed by atoms with E-state index < -0.39 is 0 Å². The topological polar surface area (TPSA) is 53.0 Å². The summed E-state index contributed by atoms with van der Waals surface area (Å²) in [5, 5.41) is 0. The van der Waals surface area contributed by atoms with Crippen molar-refractivity contribution in [1.82, 2.24) is 29.3 Å². The summed E-state index contributed by atoms with van der Waals surface area (Å²) < 4.78 is 2.07. The summed E-state index contributed by atoms with van der Waals surface area (Å²) in [6.45, 7) is 10.4. The van der Waals surface area contributed by atoms with Crippen LogP contribution in [0.15, 0.2) is 73.3 Å². The molecule has 4 aromatic rings. The third kappa shape index (κ3) is 8.54. The number of hydrogen-bond donors (Lipinski definition) is 1. The van der Waals surface area contributed by atoms with Crippen molar-refractivity contribution in [2.24, 2.45) is 7.05 Å². The number of aromatic nitrogens is 4. The lowest BCUT2D eigenvalue weighted by molar-refractivity contribution is 0.233. The highest BCUT2D eigenvalue weighted by atomic mass is 15.2. The summed E-state index contributed by atoms with van der Waals surface area (Å²) in [6.07, 6.45) is 15.5. The van der Waals surface area contributed by atoms with Crippen LogP contribution in [0, 0.1) is 0 Å². The van der Waals surface area contributed by atoms with Crippen LogP contribution in [0.25, 0.3) is 12.2 Å². The van der Waals surface area contributed by atoms with Gasteiger partial charge in [-0.3, -0.25) is 4.90 Å². The van der Waals surface area contributed by atoms with E-state index in [-0.39, 0.29) is 0 Å². The summed E-state index contributed by atoms with van der Waals surface area (Å²) in [4.78, 5) is 17.1. The molecule has 6 heteroatoms. The first-order chi connectivity index (χ1) is 18.6. The summed E-state index contributed by atoms with van der Waals surface area (Å²) in [7, 11) is 2.04. The van der Waals surface area contributed by atoms with Crippen molar-refractivity contribution in [3.63, 3.8) is 0 Å². The van der Waals surface area contributed by atoms with Crippen LogP contribution in [-0.4, -0.2) is 49.0 Å². The molecule has 0 aliphatic carbocycles. The zero-order valence-corrected chi connectivity index (χ0v) is 23.2. The van der Waals surface area contributed by atoms with E-state index in [4.69, 9.17) is 0 Å². The Bertz CT molecular complexity index is 1220. The molecule has 0 atom stereocenters. The minimum absolute atomic E-state index is 0.743. The average Bonchev–Trinajstić information content (AvgIpc) is 3.59. The Morgan fingerprint density at radius 2 is 1.39 bits per heavy atom. The molecule has 0 radical (unpaired) electrons. The molecule has 0 aliphatic rings. The minimum Gasteiger partial charge on any atom is -0.348 e. The van der Waals surface area contributed by atoms with Crippen LogP contribution in [0.1, 0.15) is 60.6 Å². The molecule has 0 saturated carbocycles. The number of nitrogens with zero attached hydrogens (tertiary/aromatic N) is 5. The Morgan fingerprint density at radius 1 is 0.737 bits per heavy atom. The summed E-state index contributed by atoms with van der Waals surface area (Å²) in [5.41, 5.74) is 5.12. The lowest BCUT2D eigenvalue weighted by Gasteiger charge is -2.21. The number of hydrogen-bond acceptors (Lipinski definition) is 4. The second-order valence-corrected chi connectivity index (χ2v) is 10.0. The van der Waals surface area contributed by atoms with Gasteiger partial charge in [0.05, 0.1) is 13.1 Å². The summed E-state index contributed by atoms with van der Waals surface area (Å²) in [5.74, 6) is 2.00. The van der Waals surface area contributed by atoms with Crippen molar-refractivity contribution in [3.05, 3.63) is 107 Å². The smallest absolute Gasteiger partial charge is 0.122 e. The fraction of sp³-hybridized carbons (Fsp3) is 0.375. The molecule has 2 heterocycles. The summed E-state index contributed by atoms with van der Waals surface area (Å²) >= 11 is 0. The van der Waals surface area contributed by atoms with E-state index in [1.807, 2.05) is 25.6 Å². The molecule has 0 spiro atoms. The van der Waals surface area contributed by atoms with Crippen LogP contribution in [0.2, 0.25) is 0 Å². The zero-order valence-electron chi connectivity index (χ0n) is 23.2. The minimum atomic E-state index is 0.743. The van der Waals surface area contributed by atoms with Gasteiger partial charge in [-0.25, -0.2) is 9.97 Å². The fourth-order valence-electron chi connectivity index (χ4n) is 4.75. The molecule has 6 nitrogen and oxygen atoms in total. The van der Waals surface area contributed by atoms with Crippen LogP contribution in [0.5, 0.6) is 0 Å². The van der Waals surface area contributed by atoms with Crippen LogP contribution in [-0.2, 0) is 33.1 Å². The van der Waals surface area contributed by atoms with Gasteiger partial charge >= 0.3 is 0 Å². The molecule has 0 unspecified atom stereocenters. The Hall–Kier alpha value is -3.48. The van der Waals surface area contributed by atoms with Crippen LogP contribution < -0.4 is 0 Å². The lowest BCUT2D eigenvalue weighted by Crippen LogP contribution is -2.27. The number of aryl methyl sites for hydroxylation is 1. The quantitative estimate of drug-likeness (QED) is 0.194. The molecule has 1 N–H and O–H groups in total. The molecule has 0 bridgehead atoms. The molecular formula is C32H42N6. The normalized spacial score (nSPS) is 11.8. The van der Waals surface area contributed by atoms with Gasteiger partial charge < -0.3 is 14.5 Å². The van der Waals surface area contributed by atoms with E-state index in [0.717, 1.165) is 44.2 Å². The highest BCUT2D eigenvalue weighted by molar-refractivity contribution is 5.69. The van der Waals surface area contributed by atoms with Gasteiger partial charge in [-0.1, -0.05) is 74.5 Å². The highest BCUT2D eigenvalue weighted by Crippen LogP contribution is 2.15. The molecule has 4 rings (SSSR count). The van der Waals surface area contributed by atoms with Crippen LogP contribution in [0.3, 0.4) is 0 Å². The molecule has 0 amide bonds. The van der Waals surface area contributed by atoms with E-state index in [1.54, 1.807) is 6.20 Å². The van der Waals surface area contributed by atoms with E-state index in [2.05, 4.69) is 104 Å². The second-order valence-electron chi connectivity index (χ2n) is 10.0. The van der Waals surface area contributed by atoms with Crippen LogP contribution in [0.4, 0.5) is 0 Å². The maximum Gasteiger partial charge on any atom is 0.122 e. The SMILES string of the molecule is CCCN(CCC)CCc1ccc(/C=C/c2ccc(CN(Cc3ncc[nH]3)Cc3nccn3C)cc2)cc1. The number of nitrogens with one attached hydrogen (secondary N) is 1. The average molecular weight is 511 g/mol. The largest absolute Gasteiger partial charge is 0.348 e. The predicted octanol–water partition coefficient (Wildman–Crippen LogP) is 6.18. The van der Waals surface area contributed by atoms with E-state index in [1.165, 1.54) is 48.2 Å². The number of imidazole rings is 2. The Balaban J connectivity index is 1.32. The van der Waals surface area contributed by atoms with Crippen molar-refractivity contribution in [3.8, 4) is 0 Å². The van der Waals surface area contributed by atoms with Gasteiger partial charge in [0.15, 0.2) is 0 Å². The molecule has 0 aliphatic heterocycles. The monoisotopic (exact) mass is 510 g/mol. The standard InChI is InChI=1S/C32H42N6/c1-4-20-37(21-5-2)22-16-29-10-8-27(9-11-29)6-7-28-12-14-30(15-13-28)24-38(25-31-33-17-18-34-31)26-32-35-19-23-36(32)3/h6-15,17-19,23H,4-5,16,20-22,24-26H2,1-3H3,(H,33,34)/b7-6+. The van der Waals surface area contributed by atoms with Gasteiger partial charge in [0, 0.05) is 44.9 Å². The van der Waals surface area contributed by atoms with Gasteiger partial charge in [-0.2, -0.15) is 0 Å².